The van der Waals surface area contributed by atoms with Gasteiger partial charge in [-0.15, -0.1) is 12.4 Å². The Hall–Kier alpha value is -2.54. The summed E-state index contributed by atoms with van der Waals surface area (Å²) in [6, 6.07) is 9.63. The first kappa shape index (κ1) is 19.8. The van der Waals surface area contributed by atoms with Gasteiger partial charge in [0, 0.05) is 23.5 Å². The van der Waals surface area contributed by atoms with Gasteiger partial charge in [0.25, 0.3) is 5.91 Å². The van der Waals surface area contributed by atoms with E-state index in [-0.39, 0.29) is 29.8 Å². The van der Waals surface area contributed by atoms with Crippen molar-refractivity contribution in [2.75, 3.05) is 24.3 Å². The maximum Gasteiger partial charge on any atom is 0.387 e. The second-order valence-corrected chi connectivity index (χ2v) is 5.65. The Balaban J connectivity index is 0.00000243. The highest BCUT2D eigenvalue weighted by molar-refractivity contribution is 6.07. The van der Waals surface area contributed by atoms with E-state index in [1.807, 2.05) is 12.1 Å². The van der Waals surface area contributed by atoms with E-state index >= 15 is 0 Å². The highest BCUT2D eigenvalue weighted by atomic mass is 35.5. The van der Waals surface area contributed by atoms with Crippen molar-refractivity contribution in [2.45, 2.75) is 19.5 Å². The van der Waals surface area contributed by atoms with Gasteiger partial charge in [0.15, 0.2) is 11.5 Å². The first-order valence-electron chi connectivity index (χ1n) is 7.83. The first-order valence-corrected chi connectivity index (χ1v) is 7.83. The van der Waals surface area contributed by atoms with Gasteiger partial charge in [-0.1, -0.05) is 6.07 Å². The average Bonchev–Trinajstić information content (AvgIpc) is 2.61. The van der Waals surface area contributed by atoms with Crippen LogP contribution in [-0.2, 0) is 6.42 Å². The van der Waals surface area contributed by atoms with Crippen molar-refractivity contribution in [3.63, 3.8) is 0 Å². The molecule has 0 radical (unpaired) electrons. The summed E-state index contributed by atoms with van der Waals surface area (Å²) < 4.78 is 34.3. The van der Waals surface area contributed by atoms with Crippen LogP contribution in [0.1, 0.15) is 22.3 Å². The molecule has 2 N–H and O–H groups in total. The van der Waals surface area contributed by atoms with E-state index in [2.05, 4.69) is 4.74 Å². The molecular formula is C18H19ClF2N2O3. The fourth-order valence-electron chi connectivity index (χ4n) is 3.01. The maximum atomic E-state index is 12.9. The summed E-state index contributed by atoms with van der Waals surface area (Å²) in [6.45, 7) is -2.40. The van der Waals surface area contributed by atoms with Crippen LogP contribution in [0.5, 0.6) is 11.5 Å². The average molecular weight is 385 g/mol. The topological polar surface area (TPSA) is 64.8 Å². The molecule has 1 aliphatic rings. The molecule has 1 aliphatic heterocycles. The highest BCUT2D eigenvalue weighted by Gasteiger charge is 2.25. The molecule has 0 bridgehead atoms. The molecular weight excluding hydrogens is 366 g/mol. The van der Waals surface area contributed by atoms with Gasteiger partial charge in [-0.3, -0.25) is 4.79 Å². The lowest BCUT2D eigenvalue weighted by Crippen LogP contribution is -2.35. The number of carbonyl (C=O) groups excluding carboxylic acids is 1. The van der Waals surface area contributed by atoms with E-state index in [4.69, 9.17) is 10.5 Å². The van der Waals surface area contributed by atoms with Crippen molar-refractivity contribution >= 4 is 29.7 Å². The number of ether oxygens (including phenoxy) is 2. The van der Waals surface area contributed by atoms with Crippen LogP contribution in [-0.4, -0.2) is 26.2 Å². The van der Waals surface area contributed by atoms with Crippen molar-refractivity contribution in [2.24, 2.45) is 0 Å². The third kappa shape index (κ3) is 3.83. The van der Waals surface area contributed by atoms with Gasteiger partial charge in [-0.05, 0) is 48.7 Å². The number of carbonyl (C=O) groups is 1. The van der Waals surface area contributed by atoms with Crippen molar-refractivity contribution in [1.82, 2.24) is 0 Å². The van der Waals surface area contributed by atoms with Gasteiger partial charge >= 0.3 is 6.61 Å². The molecule has 3 rings (SSSR count). The molecule has 0 fully saturated rings. The van der Waals surface area contributed by atoms with Gasteiger partial charge in [0.1, 0.15) is 0 Å². The zero-order valence-electron chi connectivity index (χ0n) is 14.1. The summed E-state index contributed by atoms with van der Waals surface area (Å²) in [6.07, 6.45) is 1.62. The minimum absolute atomic E-state index is 0. The standard InChI is InChI=1S/C18H18F2N2O3.ClH/c1-24-16-10-11(7-8-15(16)25-18(19)20)17(23)22-9-3-4-12-13(21)5-2-6-14(12)22;/h2,5-8,10,18H,3-4,9,21H2,1H3;1H. The Kier molecular flexibility index (Phi) is 6.26. The van der Waals surface area contributed by atoms with E-state index in [9.17, 15) is 13.6 Å². The van der Waals surface area contributed by atoms with E-state index in [0.29, 0.717) is 17.8 Å². The van der Waals surface area contributed by atoms with Crippen LogP contribution in [0.4, 0.5) is 20.2 Å². The lowest BCUT2D eigenvalue weighted by atomic mass is 9.99. The molecule has 0 spiro atoms. The number of alkyl halides is 2. The number of hydrogen-bond donors (Lipinski definition) is 1. The molecule has 140 valence electrons. The number of halogens is 3. The number of methoxy groups -OCH3 is 1. The second kappa shape index (κ2) is 8.23. The number of hydrogen-bond acceptors (Lipinski definition) is 4. The molecule has 0 unspecified atom stereocenters. The molecule has 1 amide bonds. The normalized spacial score (nSPS) is 13.0. The molecule has 0 saturated heterocycles. The van der Waals surface area contributed by atoms with Crippen LogP contribution in [0.25, 0.3) is 0 Å². The number of amides is 1. The maximum absolute atomic E-state index is 12.9. The number of benzene rings is 2. The Bertz CT molecular complexity index is 802. The van der Waals surface area contributed by atoms with E-state index in [1.54, 1.807) is 11.0 Å². The van der Waals surface area contributed by atoms with Crippen molar-refractivity contribution in [3.05, 3.63) is 47.5 Å². The summed E-state index contributed by atoms with van der Waals surface area (Å²) in [4.78, 5) is 14.6. The summed E-state index contributed by atoms with van der Waals surface area (Å²) in [5, 5.41) is 0. The number of anilines is 2. The van der Waals surface area contributed by atoms with Crippen LogP contribution in [0.3, 0.4) is 0 Å². The number of fused-ring (bicyclic) bond motifs is 1. The fourth-order valence-corrected chi connectivity index (χ4v) is 3.01. The molecule has 26 heavy (non-hydrogen) atoms. The van der Waals surface area contributed by atoms with Crippen LogP contribution >= 0.6 is 12.4 Å². The molecule has 0 atom stereocenters. The Labute approximate surface area is 156 Å². The molecule has 0 aliphatic carbocycles. The molecule has 0 aromatic heterocycles. The summed E-state index contributed by atoms with van der Waals surface area (Å²) in [5.74, 6) is -0.276. The number of rotatable bonds is 4. The van der Waals surface area contributed by atoms with Gasteiger partial charge in [-0.25, -0.2) is 0 Å². The lowest BCUT2D eigenvalue weighted by Gasteiger charge is -2.30. The SMILES string of the molecule is COc1cc(C(=O)N2CCCc3c(N)cccc32)ccc1OC(F)F.Cl. The smallest absolute Gasteiger partial charge is 0.387 e. The predicted molar refractivity (Wildman–Crippen MR) is 97.7 cm³/mol. The quantitative estimate of drug-likeness (QED) is 0.812. The van der Waals surface area contributed by atoms with Gasteiger partial charge in [0.2, 0.25) is 0 Å². The number of nitrogen functional groups attached to an aromatic ring is 1. The Morgan fingerprint density at radius 2 is 2.00 bits per heavy atom. The Morgan fingerprint density at radius 3 is 2.69 bits per heavy atom. The van der Waals surface area contributed by atoms with Gasteiger partial charge in [-0.2, -0.15) is 8.78 Å². The summed E-state index contributed by atoms with van der Waals surface area (Å²) in [7, 11) is 1.33. The van der Waals surface area contributed by atoms with E-state index in [0.717, 1.165) is 24.1 Å². The fraction of sp³-hybridized carbons (Fsp3) is 0.278. The zero-order valence-corrected chi connectivity index (χ0v) is 14.9. The van der Waals surface area contributed by atoms with Crippen molar-refractivity contribution in [1.29, 1.82) is 0 Å². The van der Waals surface area contributed by atoms with Crippen molar-refractivity contribution in [3.8, 4) is 11.5 Å². The largest absolute Gasteiger partial charge is 0.493 e. The third-order valence-electron chi connectivity index (χ3n) is 4.16. The van der Waals surface area contributed by atoms with Crippen molar-refractivity contribution < 1.29 is 23.0 Å². The predicted octanol–water partition coefficient (Wildman–Crippen LogP) is 3.89. The minimum Gasteiger partial charge on any atom is -0.493 e. The third-order valence-corrected chi connectivity index (χ3v) is 4.16. The molecule has 0 saturated carbocycles. The van der Waals surface area contributed by atoms with Crippen LogP contribution in [0.15, 0.2) is 36.4 Å². The molecule has 2 aromatic carbocycles. The summed E-state index contributed by atoms with van der Waals surface area (Å²) in [5.41, 5.74) is 8.73. The van der Waals surface area contributed by atoms with Crippen LogP contribution in [0.2, 0.25) is 0 Å². The first-order chi connectivity index (χ1) is 12.0. The Morgan fingerprint density at radius 1 is 1.23 bits per heavy atom. The van der Waals surface area contributed by atoms with E-state index in [1.165, 1.54) is 25.3 Å². The number of nitrogens with two attached hydrogens (primary N) is 1. The highest BCUT2D eigenvalue weighted by Crippen LogP contribution is 2.34. The molecule has 8 heteroatoms. The van der Waals surface area contributed by atoms with E-state index < -0.39 is 6.61 Å². The molecule has 2 aromatic rings. The zero-order chi connectivity index (χ0) is 18.0. The molecule has 5 nitrogen and oxygen atoms in total. The van der Waals surface area contributed by atoms with Gasteiger partial charge in [0.05, 0.1) is 7.11 Å². The van der Waals surface area contributed by atoms with Crippen LogP contribution in [0, 0.1) is 0 Å². The minimum atomic E-state index is -2.97. The second-order valence-electron chi connectivity index (χ2n) is 5.65. The van der Waals surface area contributed by atoms with Gasteiger partial charge < -0.3 is 20.1 Å². The number of nitrogens with zero attached hydrogens (tertiary/aromatic N) is 1. The monoisotopic (exact) mass is 384 g/mol. The summed E-state index contributed by atoms with van der Waals surface area (Å²) >= 11 is 0. The van der Waals surface area contributed by atoms with Crippen LogP contribution < -0.4 is 20.1 Å². The lowest BCUT2D eigenvalue weighted by molar-refractivity contribution is -0.0512. The molecule has 1 heterocycles.